The number of carbonyl (C=O) groups excluding carboxylic acids is 1. The van der Waals surface area contributed by atoms with Gasteiger partial charge in [-0.3, -0.25) is 4.79 Å². The van der Waals surface area contributed by atoms with Gasteiger partial charge >= 0.3 is 0 Å². The Labute approximate surface area is 97.4 Å². The van der Waals surface area contributed by atoms with Gasteiger partial charge in [0.25, 0.3) is 0 Å². The van der Waals surface area contributed by atoms with E-state index in [0.717, 1.165) is 11.1 Å². The highest BCUT2D eigenvalue weighted by Gasteiger charge is 2.37. The number of hydrogen-bond donors (Lipinski definition) is 2. The first-order chi connectivity index (χ1) is 7.61. The Hall–Kier alpha value is -1.68. The molecule has 0 amide bonds. The molecule has 1 aromatic heterocycles. The minimum Gasteiger partial charge on any atom is -0.394 e. The van der Waals surface area contributed by atoms with Crippen molar-refractivity contribution >= 4 is 23.5 Å². The van der Waals surface area contributed by atoms with E-state index in [0.29, 0.717) is 10.7 Å². The molecule has 0 saturated heterocycles. The van der Waals surface area contributed by atoms with Gasteiger partial charge in [-0.2, -0.15) is 0 Å². The predicted molar refractivity (Wildman–Crippen MR) is 61.7 cm³/mol. The number of H-pyrrole nitrogens is 1. The van der Waals surface area contributed by atoms with Gasteiger partial charge < -0.3 is 15.6 Å². The molecule has 1 aliphatic carbocycles. The standard InChI is InChI=1S/C11H10ClN3O/c1-15-3-2-5-4-14-9-6(5)10(15)7(12)8(13)11(9)16/h2-4,10,14H,13H2,1H3. The highest BCUT2D eigenvalue weighted by atomic mass is 35.5. The van der Waals surface area contributed by atoms with Gasteiger partial charge in [0, 0.05) is 25.0 Å². The van der Waals surface area contributed by atoms with Crippen molar-refractivity contribution in [2.45, 2.75) is 6.04 Å². The number of carbonyl (C=O) groups is 1. The molecule has 0 aromatic carbocycles. The van der Waals surface area contributed by atoms with Crippen LogP contribution in [0.2, 0.25) is 0 Å². The maximum Gasteiger partial charge on any atom is 0.226 e. The van der Waals surface area contributed by atoms with Crippen molar-refractivity contribution in [3.05, 3.63) is 39.9 Å². The lowest BCUT2D eigenvalue weighted by Crippen LogP contribution is -2.31. The summed E-state index contributed by atoms with van der Waals surface area (Å²) < 4.78 is 0. The summed E-state index contributed by atoms with van der Waals surface area (Å²) >= 11 is 6.16. The lowest BCUT2D eigenvalue weighted by molar-refractivity contribution is 0.102. The summed E-state index contributed by atoms with van der Waals surface area (Å²) in [7, 11) is 1.91. The highest BCUT2D eigenvalue weighted by Crippen LogP contribution is 2.42. The third-order valence-electron chi connectivity index (χ3n) is 3.09. The van der Waals surface area contributed by atoms with Crippen LogP contribution in [0.25, 0.3) is 6.08 Å². The Morgan fingerprint density at radius 3 is 3.06 bits per heavy atom. The van der Waals surface area contributed by atoms with Crippen molar-refractivity contribution < 1.29 is 4.79 Å². The van der Waals surface area contributed by atoms with Crippen LogP contribution in [0.1, 0.15) is 27.7 Å². The number of ketones is 1. The van der Waals surface area contributed by atoms with Gasteiger partial charge in [-0.05, 0) is 11.6 Å². The zero-order chi connectivity index (χ0) is 11.4. The van der Waals surface area contributed by atoms with E-state index < -0.39 is 0 Å². The summed E-state index contributed by atoms with van der Waals surface area (Å²) in [4.78, 5) is 16.8. The van der Waals surface area contributed by atoms with Crippen LogP contribution in [0.5, 0.6) is 0 Å². The number of rotatable bonds is 0. The molecule has 5 heteroatoms. The second-order valence-corrected chi connectivity index (χ2v) is 4.41. The first-order valence-corrected chi connectivity index (χ1v) is 5.30. The Bertz CT molecular complexity index is 556. The van der Waals surface area contributed by atoms with Gasteiger partial charge in [0.15, 0.2) is 0 Å². The molecule has 3 N–H and O–H groups in total. The zero-order valence-electron chi connectivity index (χ0n) is 8.62. The first-order valence-electron chi connectivity index (χ1n) is 4.92. The topological polar surface area (TPSA) is 62.1 Å². The van der Waals surface area contributed by atoms with E-state index in [-0.39, 0.29) is 17.5 Å². The molecule has 82 valence electrons. The van der Waals surface area contributed by atoms with Crippen LogP contribution in [-0.2, 0) is 0 Å². The summed E-state index contributed by atoms with van der Waals surface area (Å²) in [6, 6.07) is -0.138. The van der Waals surface area contributed by atoms with Crippen LogP contribution in [0, 0.1) is 0 Å². The zero-order valence-corrected chi connectivity index (χ0v) is 9.38. The highest BCUT2D eigenvalue weighted by molar-refractivity contribution is 6.34. The third-order valence-corrected chi connectivity index (χ3v) is 3.50. The first kappa shape index (κ1) is 9.54. The summed E-state index contributed by atoms with van der Waals surface area (Å²) in [5.41, 5.74) is 8.34. The van der Waals surface area contributed by atoms with Crippen molar-refractivity contribution in [2.75, 3.05) is 7.05 Å². The molecular weight excluding hydrogens is 226 g/mol. The number of Topliss-reactive ketones (excluding diaryl/α,β-unsaturated/α-hetero) is 1. The lowest BCUT2D eigenvalue weighted by atomic mass is 9.90. The molecule has 4 nitrogen and oxygen atoms in total. The Morgan fingerprint density at radius 1 is 1.56 bits per heavy atom. The third kappa shape index (κ3) is 0.971. The van der Waals surface area contributed by atoms with Gasteiger partial charge in [-0.25, -0.2) is 0 Å². The molecule has 2 aliphatic rings. The van der Waals surface area contributed by atoms with Crippen LogP contribution in [0.4, 0.5) is 0 Å². The molecule has 3 rings (SSSR count). The predicted octanol–water partition coefficient (Wildman–Crippen LogP) is 1.58. The Morgan fingerprint density at radius 2 is 2.31 bits per heavy atom. The average Bonchev–Trinajstić information content (AvgIpc) is 2.68. The van der Waals surface area contributed by atoms with E-state index >= 15 is 0 Å². The number of allylic oxidation sites excluding steroid dienone is 1. The number of nitrogens with zero attached hydrogens (tertiary/aromatic N) is 1. The van der Waals surface area contributed by atoms with Crippen molar-refractivity contribution in [3.63, 3.8) is 0 Å². The quantitative estimate of drug-likeness (QED) is 0.718. The van der Waals surface area contributed by atoms with E-state index in [1.165, 1.54) is 0 Å². The minimum absolute atomic E-state index is 0.134. The van der Waals surface area contributed by atoms with Crippen LogP contribution in [0.15, 0.2) is 23.1 Å². The van der Waals surface area contributed by atoms with E-state index in [1.54, 1.807) is 0 Å². The number of nitrogens with one attached hydrogen (secondary N) is 1. The summed E-state index contributed by atoms with van der Waals surface area (Å²) in [6.45, 7) is 0. The van der Waals surface area contributed by atoms with E-state index in [2.05, 4.69) is 4.98 Å². The van der Waals surface area contributed by atoms with Gasteiger partial charge in [0.2, 0.25) is 5.78 Å². The molecule has 0 saturated carbocycles. The number of aromatic nitrogens is 1. The van der Waals surface area contributed by atoms with Crippen LogP contribution < -0.4 is 5.73 Å². The summed E-state index contributed by atoms with van der Waals surface area (Å²) in [5.74, 6) is -0.216. The van der Waals surface area contributed by atoms with Crippen LogP contribution >= 0.6 is 11.6 Å². The molecule has 1 aromatic rings. The van der Waals surface area contributed by atoms with Crippen LogP contribution in [-0.4, -0.2) is 22.7 Å². The van der Waals surface area contributed by atoms with Crippen LogP contribution in [0.3, 0.4) is 0 Å². The molecule has 1 aliphatic heterocycles. The SMILES string of the molecule is CN1C=Cc2c[nH]c3c2C1C(Cl)=C(N)C3=O. The summed E-state index contributed by atoms with van der Waals surface area (Å²) in [5, 5.41) is 0.408. The maximum atomic E-state index is 11.9. The lowest BCUT2D eigenvalue weighted by Gasteiger charge is -2.33. The molecule has 0 fully saturated rings. The van der Waals surface area contributed by atoms with E-state index in [1.807, 2.05) is 30.4 Å². The molecule has 2 heterocycles. The van der Waals surface area contributed by atoms with Crippen molar-refractivity contribution in [3.8, 4) is 0 Å². The van der Waals surface area contributed by atoms with Crippen molar-refractivity contribution in [2.24, 2.45) is 5.73 Å². The van der Waals surface area contributed by atoms with E-state index in [4.69, 9.17) is 17.3 Å². The molecule has 1 atom stereocenters. The van der Waals surface area contributed by atoms with Crippen molar-refractivity contribution in [1.82, 2.24) is 9.88 Å². The number of likely N-dealkylation sites (N-methyl/N-ethyl adjacent to an activating group) is 1. The second kappa shape index (κ2) is 2.92. The van der Waals surface area contributed by atoms with Gasteiger partial charge in [-0.15, -0.1) is 0 Å². The Balaban J connectivity index is 2.33. The number of halogens is 1. The van der Waals surface area contributed by atoms with Gasteiger partial charge in [0.05, 0.1) is 22.5 Å². The number of nitrogens with two attached hydrogens (primary N) is 1. The normalized spacial score (nSPS) is 22.8. The summed E-state index contributed by atoms with van der Waals surface area (Å²) in [6.07, 6.45) is 5.68. The molecule has 1 unspecified atom stereocenters. The fourth-order valence-electron chi connectivity index (χ4n) is 2.25. The molecular formula is C11H10ClN3O. The fraction of sp³-hybridized carbons (Fsp3) is 0.182. The van der Waals surface area contributed by atoms with E-state index in [9.17, 15) is 4.79 Å². The Kier molecular flexibility index (Phi) is 1.74. The monoisotopic (exact) mass is 235 g/mol. The number of aromatic amines is 1. The fourth-order valence-corrected chi connectivity index (χ4v) is 2.60. The van der Waals surface area contributed by atoms with Gasteiger partial charge in [0.1, 0.15) is 0 Å². The average molecular weight is 236 g/mol. The van der Waals surface area contributed by atoms with Crippen molar-refractivity contribution in [1.29, 1.82) is 0 Å². The second-order valence-electron chi connectivity index (χ2n) is 4.01. The van der Waals surface area contributed by atoms with Gasteiger partial charge in [-0.1, -0.05) is 11.6 Å². The minimum atomic E-state index is -0.216. The molecule has 0 radical (unpaired) electrons. The molecule has 0 bridgehead atoms. The molecule has 0 spiro atoms. The maximum absolute atomic E-state index is 11.9. The largest absolute Gasteiger partial charge is 0.394 e. The number of hydrogen-bond acceptors (Lipinski definition) is 3. The molecule has 16 heavy (non-hydrogen) atoms. The smallest absolute Gasteiger partial charge is 0.226 e.